The SMILES string of the molecule is C=C(C)C(=O)OCC[Si](CCOC(=O)C(=C)C)(c1ccccc1)c1ccccc1. The molecule has 0 amide bonds. The summed E-state index contributed by atoms with van der Waals surface area (Å²) in [4.78, 5) is 23.8. The summed E-state index contributed by atoms with van der Waals surface area (Å²) in [5.74, 6) is -0.773. The monoisotopic (exact) mass is 408 g/mol. The summed E-state index contributed by atoms with van der Waals surface area (Å²) in [7, 11) is -2.36. The minimum absolute atomic E-state index is 0.288. The van der Waals surface area contributed by atoms with Crippen LogP contribution in [0.15, 0.2) is 85.0 Å². The molecule has 29 heavy (non-hydrogen) atoms. The third-order valence-electron chi connectivity index (χ3n) is 4.87. The third kappa shape index (κ3) is 6.03. The van der Waals surface area contributed by atoms with Crippen molar-refractivity contribution in [2.75, 3.05) is 13.2 Å². The molecule has 0 fully saturated rings. The Balaban J connectivity index is 2.36. The van der Waals surface area contributed by atoms with Crippen LogP contribution in [0.3, 0.4) is 0 Å². The Kier molecular flexibility index (Phi) is 8.16. The first-order valence-electron chi connectivity index (χ1n) is 9.63. The summed E-state index contributed by atoms with van der Waals surface area (Å²) >= 11 is 0. The van der Waals surface area contributed by atoms with E-state index in [2.05, 4.69) is 37.4 Å². The van der Waals surface area contributed by atoms with Crippen LogP contribution in [0, 0.1) is 0 Å². The first kappa shape index (κ1) is 22.4. The van der Waals surface area contributed by atoms with Gasteiger partial charge >= 0.3 is 11.9 Å². The standard InChI is InChI=1S/C24H28O4Si/c1-19(2)23(25)27-15-17-29(21-11-7-5-8-12-21,22-13-9-6-10-14-22)18-16-28-24(26)20(3)4/h5-14H,1,3,15-18H2,2,4H3. The van der Waals surface area contributed by atoms with Crippen LogP contribution in [0.2, 0.25) is 12.1 Å². The number of esters is 2. The fourth-order valence-corrected chi connectivity index (χ4v) is 7.57. The molecule has 2 aromatic carbocycles. The topological polar surface area (TPSA) is 52.6 Å². The van der Waals surface area contributed by atoms with E-state index in [1.807, 2.05) is 36.4 Å². The van der Waals surface area contributed by atoms with Gasteiger partial charge in [-0.1, -0.05) is 84.2 Å². The summed E-state index contributed by atoms with van der Waals surface area (Å²) in [5, 5.41) is 2.42. The van der Waals surface area contributed by atoms with Gasteiger partial charge in [-0.25, -0.2) is 9.59 Å². The molecule has 0 bridgehead atoms. The molecule has 4 nitrogen and oxygen atoms in total. The van der Waals surface area contributed by atoms with Gasteiger partial charge in [0.25, 0.3) is 0 Å². The van der Waals surface area contributed by atoms with Crippen LogP contribution in [-0.2, 0) is 19.1 Å². The fraction of sp³-hybridized carbons (Fsp3) is 0.250. The minimum Gasteiger partial charge on any atom is -0.463 e. The van der Waals surface area contributed by atoms with E-state index in [1.165, 1.54) is 10.4 Å². The maximum atomic E-state index is 11.9. The predicted octanol–water partition coefficient (Wildman–Crippen LogP) is 3.49. The molecule has 0 radical (unpaired) electrons. The lowest BCUT2D eigenvalue weighted by molar-refractivity contribution is -0.139. The number of hydrogen-bond donors (Lipinski definition) is 0. The second kappa shape index (κ2) is 10.6. The van der Waals surface area contributed by atoms with Crippen LogP contribution in [0.4, 0.5) is 0 Å². The van der Waals surface area contributed by atoms with Gasteiger partial charge in [0.1, 0.15) is 8.07 Å². The number of carbonyl (C=O) groups is 2. The van der Waals surface area contributed by atoms with Crippen LogP contribution in [0.1, 0.15) is 13.8 Å². The molecule has 0 atom stereocenters. The van der Waals surface area contributed by atoms with E-state index in [1.54, 1.807) is 13.8 Å². The number of benzene rings is 2. The second-order valence-corrected chi connectivity index (χ2v) is 11.5. The van der Waals surface area contributed by atoms with Gasteiger partial charge in [0.15, 0.2) is 0 Å². The number of hydrogen-bond acceptors (Lipinski definition) is 4. The van der Waals surface area contributed by atoms with Crippen molar-refractivity contribution < 1.29 is 19.1 Å². The highest BCUT2D eigenvalue weighted by atomic mass is 28.3. The van der Waals surface area contributed by atoms with Crippen molar-refractivity contribution in [1.82, 2.24) is 0 Å². The van der Waals surface area contributed by atoms with E-state index in [0.29, 0.717) is 23.2 Å². The van der Waals surface area contributed by atoms with E-state index in [9.17, 15) is 9.59 Å². The number of ether oxygens (including phenoxy) is 2. The molecule has 0 N–H and O–H groups in total. The Hall–Kier alpha value is -2.92. The molecule has 0 spiro atoms. The van der Waals surface area contributed by atoms with Crippen molar-refractivity contribution in [1.29, 1.82) is 0 Å². The van der Waals surface area contributed by atoms with Crippen LogP contribution in [-0.4, -0.2) is 33.2 Å². The molecular weight excluding hydrogens is 380 g/mol. The molecule has 0 aromatic heterocycles. The van der Waals surface area contributed by atoms with Crippen molar-refractivity contribution >= 4 is 30.4 Å². The van der Waals surface area contributed by atoms with Gasteiger partial charge in [-0.05, 0) is 25.9 Å². The molecule has 0 heterocycles. The predicted molar refractivity (Wildman–Crippen MR) is 119 cm³/mol. The Labute approximate surface area is 173 Å². The van der Waals surface area contributed by atoms with Crippen LogP contribution in [0.5, 0.6) is 0 Å². The summed E-state index contributed by atoms with van der Waals surface area (Å²) in [5.41, 5.74) is 0.763. The normalized spacial score (nSPS) is 10.8. The third-order valence-corrected chi connectivity index (χ3v) is 9.87. The number of carbonyl (C=O) groups excluding carboxylic acids is 2. The highest BCUT2D eigenvalue weighted by Crippen LogP contribution is 2.18. The second-order valence-electron chi connectivity index (χ2n) is 7.15. The number of rotatable bonds is 10. The molecule has 5 heteroatoms. The largest absolute Gasteiger partial charge is 0.463 e. The lowest BCUT2D eigenvalue weighted by Gasteiger charge is -2.33. The first-order chi connectivity index (χ1) is 13.9. The fourth-order valence-electron chi connectivity index (χ4n) is 3.27. The van der Waals surface area contributed by atoms with Crippen molar-refractivity contribution in [2.24, 2.45) is 0 Å². The Morgan fingerprint density at radius 2 is 1.07 bits per heavy atom. The zero-order valence-electron chi connectivity index (χ0n) is 17.1. The molecule has 0 saturated carbocycles. The van der Waals surface area contributed by atoms with Gasteiger partial charge < -0.3 is 9.47 Å². The zero-order chi connectivity index (χ0) is 21.3. The summed E-state index contributed by atoms with van der Waals surface area (Å²) in [6.07, 6.45) is 0. The molecule has 152 valence electrons. The van der Waals surface area contributed by atoms with Crippen LogP contribution >= 0.6 is 0 Å². The Morgan fingerprint density at radius 1 is 0.724 bits per heavy atom. The summed E-state index contributed by atoms with van der Waals surface area (Å²) < 4.78 is 10.9. The summed E-state index contributed by atoms with van der Waals surface area (Å²) in [6, 6.07) is 21.8. The highest BCUT2D eigenvalue weighted by molar-refractivity contribution is 7.02. The van der Waals surface area contributed by atoms with Crippen LogP contribution in [0.25, 0.3) is 0 Å². The van der Waals surface area contributed by atoms with E-state index >= 15 is 0 Å². The molecule has 0 saturated heterocycles. The lowest BCUT2D eigenvalue weighted by Crippen LogP contribution is -2.59. The van der Waals surface area contributed by atoms with Gasteiger partial charge in [0.05, 0.1) is 13.2 Å². The smallest absolute Gasteiger partial charge is 0.333 e. The van der Waals surface area contributed by atoms with Crippen molar-refractivity contribution in [2.45, 2.75) is 25.9 Å². The molecule has 0 unspecified atom stereocenters. The van der Waals surface area contributed by atoms with Gasteiger partial charge in [0, 0.05) is 11.1 Å². The van der Waals surface area contributed by atoms with E-state index in [0.717, 1.165) is 0 Å². The zero-order valence-corrected chi connectivity index (χ0v) is 18.1. The minimum atomic E-state index is -2.36. The van der Waals surface area contributed by atoms with E-state index in [-0.39, 0.29) is 25.2 Å². The maximum Gasteiger partial charge on any atom is 0.333 e. The molecule has 2 rings (SSSR count). The Morgan fingerprint density at radius 3 is 1.38 bits per heavy atom. The van der Waals surface area contributed by atoms with Gasteiger partial charge in [-0.3, -0.25) is 0 Å². The summed E-state index contributed by atoms with van der Waals surface area (Å²) in [6.45, 7) is 11.1. The maximum absolute atomic E-state index is 11.9. The van der Waals surface area contributed by atoms with Crippen molar-refractivity contribution in [3.63, 3.8) is 0 Å². The van der Waals surface area contributed by atoms with Gasteiger partial charge in [-0.2, -0.15) is 0 Å². The molecular formula is C24H28O4Si. The lowest BCUT2D eigenvalue weighted by atomic mass is 10.4. The van der Waals surface area contributed by atoms with Crippen LogP contribution < -0.4 is 10.4 Å². The van der Waals surface area contributed by atoms with E-state index < -0.39 is 8.07 Å². The van der Waals surface area contributed by atoms with Gasteiger partial charge in [-0.15, -0.1) is 0 Å². The quantitative estimate of drug-likeness (QED) is 0.343. The molecule has 0 aliphatic heterocycles. The highest BCUT2D eigenvalue weighted by Gasteiger charge is 2.37. The molecule has 0 aliphatic carbocycles. The van der Waals surface area contributed by atoms with Crippen molar-refractivity contribution in [3.05, 3.63) is 85.0 Å². The molecule has 2 aromatic rings. The van der Waals surface area contributed by atoms with Gasteiger partial charge in [0.2, 0.25) is 0 Å². The first-order valence-corrected chi connectivity index (χ1v) is 12.0. The van der Waals surface area contributed by atoms with Crippen molar-refractivity contribution in [3.8, 4) is 0 Å². The Bertz CT molecular complexity index is 785. The average molecular weight is 409 g/mol. The molecule has 0 aliphatic rings. The van der Waals surface area contributed by atoms with E-state index in [4.69, 9.17) is 9.47 Å². The average Bonchev–Trinajstić information content (AvgIpc) is 2.73.